The van der Waals surface area contributed by atoms with E-state index in [9.17, 15) is 31.6 Å². The van der Waals surface area contributed by atoms with Gasteiger partial charge < -0.3 is 0 Å². The first-order chi connectivity index (χ1) is 17.4. The SMILES string of the molecule is CN(O)C(=O)c1cc(-c2ccc(C#Cc3ccc(NS(=O)(=O)C(F)(F)F)nc3)cc2)nc2ccncc12. The van der Waals surface area contributed by atoms with Gasteiger partial charge in [0.15, 0.2) is 0 Å². The fourth-order valence-corrected chi connectivity index (χ4v) is 3.67. The van der Waals surface area contributed by atoms with Crippen molar-refractivity contribution in [1.29, 1.82) is 0 Å². The van der Waals surface area contributed by atoms with E-state index in [4.69, 9.17) is 0 Å². The molecule has 0 atom stereocenters. The van der Waals surface area contributed by atoms with Crippen molar-refractivity contribution in [3.05, 3.63) is 83.8 Å². The smallest absolute Gasteiger partial charge is 0.286 e. The predicted molar refractivity (Wildman–Crippen MR) is 128 cm³/mol. The number of carbonyl (C=O) groups excluding carboxylic acids is 1. The fraction of sp³-hybridized carbons (Fsp3) is 0.0833. The summed E-state index contributed by atoms with van der Waals surface area (Å²) >= 11 is 0. The lowest BCUT2D eigenvalue weighted by atomic mass is 10.0. The zero-order chi connectivity index (χ0) is 26.8. The normalized spacial score (nSPS) is 11.5. The first-order valence-electron chi connectivity index (χ1n) is 10.3. The molecule has 0 saturated heterocycles. The van der Waals surface area contributed by atoms with Gasteiger partial charge in [-0.2, -0.15) is 21.6 Å². The highest BCUT2D eigenvalue weighted by atomic mass is 32.2. The molecule has 0 unspecified atom stereocenters. The third-order valence-electron chi connectivity index (χ3n) is 4.97. The number of rotatable bonds is 4. The summed E-state index contributed by atoms with van der Waals surface area (Å²) in [4.78, 5) is 24.7. The van der Waals surface area contributed by atoms with Crippen LogP contribution in [0.3, 0.4) is 0 Å². The number of halogens is 3. The Kier molecular flexibility index (Phi) is 6.80. The molecule has 0 saturated carbocycles. The minimum atomic E-state index is -5.56. The van der Waals surface area contributed by atoms with Crippen molar-refractivity contribution in [2.75, 3.05) is 11.8 Å². The summed E-state index contributed by atoms with van der Waals surface area (Å²) in [5, 5.41) is 10.6. The van der Waals surface area contributed by atoms with Gasteiger partial charge in [-0.1, -0.05) is 24.0 Å². The van der Waals surface area contributed by atoms with Crippen LogP contribution in [0.15, 0.2) is 67.1 Å². The molecule has 1 amide bonds. The Morgan fingerprint density at radius 2 is 1.70 bits per heavy atom. The minimum absolute atomic E-state index is 0.232. The highest BCUT2D eigenvalue weighted by Gasteiger charge is 2.46. The number of nitrogens with one attached hydrogen (secondary N) is 1. The minimum Gasteiger partial charge on any atom is -0.286 e. The van der Waals surface area contributed by atoms with Crippen LogP contribution in [0.2, 0.25) is 0 Å². The van der Waals surface area contributed by atoms with Crippen LogP contribution < -0.4 is 4.72 Å². The van der Waals surface area contributed by atoms with Crippen molar-refractivity contribution in [2.24, 2.45) is 0 Å². The molecule has 0 bridgehead atoms. The first kappa shape index (κ1) is 25.5. The monoisotopic (exact) mass is 527 g/mol. The largest absolute Gasteiger partial charge is 0.516 e. The number of benzene rings is 1. The second-order valence-electron chi connectivity index (χ2n) is 7.59. The summed E-state index contributed by atoms with van der Waals surface area (Å²) in [6.45, 7) is 0. The average molecular weight is 527 g/mol. The topological polar surface area (TPSA) is 125 Å². The molecule has 4 rings (SSSR count). The second-order valence-corrected chi connectivity index (χ2v) is 9.26. The van der Waals surface area contributed by atoms with Gasteiger partial charge in [0.05, 0.1) is 16.8 Å². The molecule has 0 radical (unpaired) electrons. The lowest BCUT2D eigenvalue weighted by molar-refractivity contribution is -0.0429. The van der Waals surface area contributed by atoms with E-state index in [0.29, 0.717) is 38.4 Å². The number of anilines is 1. The molecule has 188 valence electrons. The molecule has 13 heteroatoms. The molecule has 3 heterocycles. The summed E-state index contributed by atoms with van der Waals surface area (Å²) < 4.78 is 61.1. The standard InChI is InChI=1S/C24H16F3N5O4S/c1-32(34)23(33)18-12-21(30-20-10-11-28-14-19(18)20)17-7-4-15(5-8-17)2-3-16-6-9-22(29-13-16)31-37(35,36)24(25,26)27/h4-14,34H,1H3,(H,29,31). The van der Waals surface area contributed by atoms with Gasteiger partial charge in [-0.25, -0.2) is 15.0 Å². The van der Waals surface area contributed by atoms with Crippen LogP contribution in [0.4, 0.5) is 19.0 Å². The van der Waals surface area contributed by atoms with E-state index in [1.807, 2.05) is 0 Å². The van der Waals surface area contributed by atoms with Crippen molar-refractivity contribution in [1.82, 2.24) is 20.0 Å². The maximum Gasteiger partial charge on any atom is 0.516 e. The summed E-state index contributed by atoms with van der Waals surface area (Å²) in [5.74, 6) is 4.56. The zero-order valence-electron chi connectivity index (χ0n) is 18.9. The molecular weight excluding hydrogens is 511 g/mol. The number of sulfonamides is 1. The predicted octanol–water partition coefficient (Wildman–Crippen LogP) is 3.81. The zero-order valence-corrected chi connectivity index (χ0v) is 19.7. The number of aromatic nitrogens is 3. The highest BCUT2D eigenvalue weighted by Crippen LogP contribution is 2.26. The quantitative estimate of drug-likeness (QED) is 0.235. The molecule has 2 N–H and O–H groups in total. The number of pyridine rings is 3. The number of amides is 1. The number of fused-ring (bicyclic) bond motifs is 1. The van der Waals surface area contributed by atoms with Crippen molar-refractivity contribution in [3.8, 4) is 23.1 Å². The number of carbonyl (C=O) groups is 1. The molecule has 0 fully saturated rings. The lowest BCUT2D eigenvalue weighted by Gasteiger charge is -2.12. The Morgan fingerprint density at radius 1 is 1.03 bits per heavy atom. The Labute approximate surface area is 208 Å². The Morgan fingerprint density at radius 3 is 2.32 bits per heavy atom. The summed E-state index contributed by atoms with van der Waals surface area (Å²) in [5.41, 5.74) is -2.58. The summed E-state index contributed by atoms with van der Waals surface area (Å²) in [6, 6.07) is 12.5. The van der Waals surface area contributed by atoms with E-state index in [1.165, 1.54) is 24.0 Å². The molecule has 37 heavy (non-hydrogen) atoms. The molecule has 4 aromatic rings. The maximum absolute atomic E-state index is 12.5. The molecule has 3 aromatic heterocycles. The first-order valence-corrected chi connectivity index (χ1v) is 11.8. The highest BCUT2D eigenvalue weighted by molar-refractivity contribution is 7.93. The van der Waals surface area contributed by atoms with E-state index < -0.39 is 27.3 Å². The van der Waals surface area contributed by atoms with Gasteiger partial charge in [-0.3, -0.25) is 19.7 Å². The number of hydroxylamine groups is 2. The Balaban J connectivity index is 1.55. The molecule has 0 aliphatic rings. The van der Waals surface area contributed by atoms with Gasteiger partial charge in [0.1, 0.15) is 5.82 Å². The van der Waals surface area contributed by atoms with Crippen LogP contribution in [0.5, 0.6) is 0 Å². The van der Waals surface area contributed by atoms with Crippen LogP contribution in [-0.4, -0.2) is 52.1 Å². The Hall–Kier alpha value is -4.54. The number of hydrogen-bond donors (Lipinski definition) is 2. The van der Waals surface area contributed by atoms with E-state index in [-0.39, 0.29) is 5.56 Å². The van der Waals surface area contributed by atoms with Crippen molar-refractivity contribution in [3.63, 3.8) is 0 Å². The van der Waals surface area contributed by atoms with Crippen molar-refractivity contribution in [2.45, 2.75) is 5.51 Å². The molecule has 0 aliphatic heterocycles. The van der Waals surface area contributed by atoms with E-state index in [2.05, 4.69) is 26.8 Å². The number of nitrogens with zero attached hydrogens (tertiary/aromatic N) is 4. The van der Waals surface area contributed by atoms with Crippen LogP contribution in [0, 0.1) is 11.8 Å². The molecule has 9 nitrogen and oxygen atoms in total. The fourth-order valence-electron chi connectivity index (χ4n) is 3.16. The number of hydrogen-bond acceptors (Lipinski definition) is 7. The van der Waals surface area contributed by atoms with Gasteiger partial charge in [0.25, 0.3) is 5.91 Å². The third kappa shape index (κ3) is 5.66. The van der Waals surface area contributed by atoms with E-state index in [1.54, 1.807) is 42.6 Å². The Bertz CT molecular complexity index is 1640. The van der Waals surface area contributed by atoms with Crippen molar-refractivity contribution < 1.29 is 31.6 Å². The van der Waals surface area contributed by atoms with Crippen LogP contribution in [0.1, 0.15) is 21.5 Å². The summed E-state index contributed by atoms with van der Waals surface area (Å²) in [7, 11) is -4.34. The van der Waals surface area contributed by atoms with Crippen molar-refractivity contribution >= 4 is 32.7 Å². The molecule has 0 spiro atoms. The third-order valence-corrected chi connectivity index (χ3v) is 6.06. The molecule has 0 aliphatic carbocycles. The maximum atomic E-state index is 12.5. The van der Waals surface area contributed by atoms with Crippen LogP contribution >= 0.6 is 0 Å². The van der Waals surface area contributed by atoms with Gasteiger partial charge in [0, 0.05) is 47.7 Å². The lowest BCUT2D eigenvalue weighted by Crippen LogP contribution is -2.30. The second kappa shape index (κ2) is 9.84. The molecule has 1 aromatic carbocycles. The average Bonchev–Trinajstić information content (AvgIpc) is 2.86. The van der Waals surface area contributed by atoms with Gasteiger partial charge in [-0.05, 0) is 36.4 Å². The van der Waals surface area contributed by atoms with Crippen LogP contribution in [0.25, 0.3) is 22.2 Å². The van der Waals surface area contributed by atoms with E-state index >= 15 is 0 Å². The van der Waals surface area contributed by atoms with E-state index in [0.717, 1.165) is 12.3 Å². The van der Waals surface area contributed by atoms with Gasteiger partial charge in [-0.15, -0.1) is 0 Å². The summed E-state index contributed by atoms with van der Waals surface area (Å²) in [6.07, 6.45) is 4.18. The van der Waals surface area contributed by atoms with Crippen LogP contribution in [-0.2, 0) is 10.0 Å². The van der Waals surface area contributed by atoms with Gasteiger partial charge in [0.2, 0.25) is 0 Å². The van der Waals surface area contributed by atoms with Gasteiger partial charge >= 0.3 is 15.5 Å². The molecular formula is C24H16F3N5O4S. The number of alkyl halides is 3.